The Bertz CT molecular complexity index is 710. The second-order valence-electron chi connectivity index (χ2n) is 4.22. The zero-order chi connectivity index (χ0) is 15.6. The van der Waals surface area contributed by atoms with Crippen molar-refractivity contribution >= 4 is 35.2 Å². The van der Waals surface area contributed by atoms with E-state index in [0.29, 0.717) is 22.0 Å². The van der Waals surface area contributed by atoms with Gasteiger partial charge in [-0.3, -0.25) is 4.79 Å². The third kappa shape index (κ3) is 3.34. The maximum atomic E-state index is 13.4. The molecule has 21 heavy (non-hydrogen) atoms. The van der Waals surface area contributed by atoms with Gasteiger partial charge < -0.3 is 9.87 Å². The van der Waals surface area contributed by atoms with Crippen molar-refractivity contribution in [3.63, 3.8) is 0 Å². The smallest absolute Gasteiger partial charge is 0.255 e. The molecule has 0 atom stereocenters. The molecule has 0 radical (unpaired) electrons. The fourth-order valence-corrected chi connectivity index (χ4v) is 2.25. The highest BCUT2D eigenvalue weighted by Gasteiger charge is 2.14. The summed E-state index contributed by atoms with van der Waals surface area (Å²) < 4.78 is 35.5. The quantitative estimate of drug-likeness (QED) is 0.799. The van der Waals surface area contributed by atoms with Gasteiger partial charge in [-0.2, -0.15) is 0 Å². The molecule has 0 aliphatic carbocycles. The van der Waals surface area contributed by atoms with Crippen LogP contribution in [0.15, 0.2) is 35.2 Å². The number of carbonyl (C=O) groups excluding carboxylic acids is 1. The number of amides is 1. The van der Waals surface area contributed by atoms with Crippen molar-refractivity contribution in [2.45, 2.75) is 11.8 Å². The van der Waals surface area contributed by atoms with E-state index in [9.17, 15) is 13.6 Å². The van der Waals surface area contributed by atoms with Gasteiger partial charge in [-0.25, -0.2) is 8.78 Å². The first kappa shape index (κ1) is 15.8. The topological polar surface area (TPSA) is 49.3 Å². The molecule has 3 nitrogen and oxygen atoms in total. The Balaban J connectivity index is 2.28. The van der Waals surface area contributed by atoms with E-state index in [1.54, 1.807) is 0 Å². The summed E-state index contributed by atoms with van der Waals surface area (Å²) in [6, 6.07) is 6.55. The van der Waals surface area contributed by atoms with Gasteiger partial charge in [0.2, 0.25) is 0 Å². The van der Waals surface area contributed by atoms with Crippen LogP contribution in [-0.2, 0) is 0 Å². The maximum Gasteiger partial charge on any atom is 0.255 e. The first-order valence-corrected chi connectivity index (χ1v) is 6.96. The molecule has 2 N–H and O–H groups in total. The summed E-state index contributed by atoms with van der Waals surface area (Å²) in [5.74, 6) is -2.50. The fourth-order valence-electron chi connectivity index (χ4n) is 1.70. The minimum Gasteiger partial charge on any atom is -0.325 e. The SMILES string of the molecule is Cc1c(NC(=O)c2ccc(Cl)c(SO)c2)ccc(F)c1F. The number of nitrogens with one attached hydrogen (secondary N) is 1. The summed E-state index contributed by atoms with van der Waals surface area (Å²) in [6.45, 7) is 1.37. The van der Waals surface area contributed by atoms with Crippen LogP contribution in [0.25, 0.3) is 0 Å². The molecule has 0 aliphatic heterocycles. The summed E-state index contributed by atoms with van der Waals surface area (Å²) in [5.41, 5.74) is 0.418. The van der Waals surface area contributed by atoms with E-state index in [1.807, 2.05) is 0 Å². The van der Waals surface area contributed by atoms with Crippen LogP contribution in [0.2, 0.25) is 5.02 Å². The Morgan fingerprint density at radius 2 is 2.00 bits per heavy atom. The van der Waals surface area contributed by atoms with Crippen LogP contribution < -0.4 is 5.32 Å². The van der Waals surface area contributed by atoms with Gasteiger partial charge in [0.1, 0.15) is 0 Å². The summed E-state index contributed by atoms with van der Waals surface area (Å²) >= 11 is 6.24. The minimum absolute atomic E-state index is 0.00840. The lowest BCUT2D eigenvalue weighted by Crippen LogP contribution is -2.13. The molecule has 0 fully saturated rings. The van der Waals surface area contributed by atoms with Gasteiger partial charge in [0.05, 0.1) is 9.92 Å². The monoisotopic (exact) mass is 329 g/mol. The molecule has 0 saturated carbocycles. The summed E-state index contributed by atoms with van der Waals surface area (Å²) in [7, 11) is 0. The molecule has 1 amide bonds. The highest BCUT2D eigenvalue weighted by Crippen LogP contribution is 2.27. The molecule has 0 heterocycles. The molecule has 2 rings (SSSR count). The van der Waals surface area contributed by atoms with Crippen molar-refractivity contribution in [2.24, 2.45) is 0 Å². The Labute approximate surface area is 129 Å². The van der Waals surface area contributed by atoms with Crippen LogP contribution in [0.5, 0.6) is 0 Å². The fraction of sp³-hybridized carbons (Fsp3) is 0.0714. The molecular formula is C14H10ClF2NO2S. The third-order valence-corrected chi connectivity index (χ3v) is 3.86. The molecule has 2 aromatic carbocycles. The van der Waals surface area contributed by atoms with Crippen molar-refractivity contribution < 1.29 is 18.1 Å². The number of benzene rings is 2. The highest BCUT2D eigenvalue weighted by molar-refractivity contribution is 7.93. The Morgan fingerprint density at radius 1 is 1.29 bits per heavy atom. The average Bonchev–Trinajstić information content (AvgIpc) is 2.48. The number of hydrogen-bond donors (Lipinski definition) is 2. The standard InChI is InChI=1S/C14H10ClF2NO2S/c1-7-11(5-4-10(16)13(7)17)18-14(19)8-2-3-9(15)12(6-8)21-20/h2-6,20H,1H3,(H,18,19). The molecule has 2 aromatic rings. The van der Waals surface area contributed by atoms with Crippen LogP contribution >= 0.6 is 23.6 Å². The lowest BCUT2D eigenvalue weighted by atomic mass is 10.1. The third-order valence-electron chi connectivity index (χ3n) is 2.88. The first-order chi connectivity index (χ1) is 9.93. The number of carbonyl (C=O) groups is 1. The van der Waals surface area contributed by atoms with Crippen LogP contribution in [0, 0.1) is 18.6 Å². The second kappa shape index (κ2) is 6.43. The van der Waals surface area contributed by atoms with Crippen molar-refractivity contribution in [2.75, 3.05) is 5.32 Å². The highest BCUT2D eigenvalue weighted by atomic mass is 35.5. The second-order valence-corrected chi connectivity index (χ2v) is 5.25. The normalized spacial score (nSPS) is 10.5. The molecule has 7 heteroatoms. The van der Waals surface area contributed by atoms with E-state index in [1.165, 1.54) is 31.2 Å². The van der Waals surface area contributed by atoms with E-state index < -0.39 is 17.5 Å². The van der Waals surface area contributed by atoms with Crippen LogP contribution in [0.1, 0.15) is 15.9 Å². The lowest BCUT2D eigenvalue weighted by molar-refractivity contribution is 0.102. The largest absolute Gasteiger partial charge is 0.325 e. The molecule has 0 aliphatic rings. The molecule has 110 valence electrons. The van der Waals surface area contributed by atoms with Gasteiger partial charge >= 0.3 is 0 Å². The summed E-state index contributed by atoms with van der Waals surface area (Å²) in [6.07, 6.45) is 0. The number of hydrogen-bond acceptors (Lipinski definition) is 3. The molecule has 0 aromatic heterocycles. The summed E-state index contributed by atoms with van der Waals surface area (Å²) in [5, 5.41) is 2.79. The van der Waals surface area contributed by atoms with Crippen LogP contribution in [0.3, 0.4) is 0 Å². The van der Waals surface area contributed by atoms with Gasteiger partial charge in [-0.15, -0.1) is 0 Å². The molecule has 0 spiro atoms. The van der Waals surface area contributed by atoms with Gasteiger partial charge in [-0.05, 0) is 37.3 Å². The minimum atomic E-state index is -1.00. The predicted molar refractivity (Wildman–Crippen MR) is 79.0 cm³/mol. The Hall–Kier alpha value is -1.63. The zero-order valence-corrected chi connectivity index (χ0v) is 12.4. The Kier molecular flexibility index (Phi) is 4.82. The van der Waals surface area contributed by atoms with E-state index >= 15 is 0 Å². The van der Waals surface area contributed by atoms with Crippen LogP contribution in [-0.4, -0.2) is 10.5 Å². The maximum absolute atomic E-state index is 13.4. The molecular weight excluding hydrogens is 320 g/mol. The van der Waals surface area contributed by atoms with Gasteiger partial charge in [0.25, 0.3) is 5.91 Å². The zero-order valence-electron chi connectivity index (χ0n) is 10.8. The number of halogens is 3. The van der Waals surface area contributed by atoms with Crippen molar-refractivity contribution in [1.29, 1.82) is 0 Å². The first-order valence-electron chi connectivity index (χ1n) is 5.81. The predicted octanol–water partition coefficient (Wildman–Crippen LogP) is 4.74. The van der Waals surface area contributed by atoms with Crippen molar-refractivity contribution in [1.82, 2.24) is 0 Å². The van der Waals surface area contributed by atoms with E-state index in [-0.39, 0.29) is 16.8 Å². The summed E-state index contributed by atoms with van der Waals surface area (Å²) in [4.78, 5) is 12.4. The number of anilines is 1. The Morgan fingerprint density at radius 3 is 2.67 bits per heavy atom. The van der Waals surface area contributed by atoms with Gasteiger partial charge in [0.15, 0.2) is 11.6 Å². The average molecular weight is 330 g/mol. The molecule has 0 bridgehead atoms. The van der Waals surface area contributed by atoms with E-state index in [0.717, 1.165) is 6.07 Å². The van der Waals surface area contributed by atoms with Crippen molar-refractivity contribution in [3.8, 4) is 0 Å². The van der Waals surface area contributed by atoms with Gasteiger partial charge in [0, 0.05) is 28.9 Å². The number of rotatable bonds is 3. The van der Waals surface area contributed by atoms with E-state index in [2.05, 4.69) is 5.32 Å². The lowest BCUT2D eigenvalue weighted by Gasteiger charge is -2.10. The van der Waals surface area contributed by atoms with Gasteiger partial charge in [-0.1, -0.05) is 11.6 Å². The molecule has 0 saturated heterocycles. The van der Waals surface area contributed by atoms with Crippen LogP contribution in [0.4, 0.5) is 14.5 Å². The van der Waals surface area contributed by atoms with Crippen molar-refractivity contribution in [3.05, 3.63) is 58.1 Å². The van der Waals surface area contributed by atoms with E-state index in [4.69, 9.17) is 16.2 Å². The molecule has 0 unspecified atom stereocenters.